The van der Waals surface area contributed by atoms with Crippen LogP contribution in [0.5, 0.6) is 0 Å². The highest BCUT2D eigenvalue weighted by molar-refractivity contribution is 5.99. The highest BCUT2D eigenvalue weighted by Crippen LogP contribution is 2.11. The lowest BCUT2D eigenvalue weighted by atomic mass is 10.1. The highest BCUT2D eigenvalue weighted by atomic mass is 19.1. The molecule has 0 heterocycles. The number of amidine groups is 1. The summed E-state index contributed by atoms with van der Waals surface area (Å²) < 4.78 is 12.4. The molecule has 0 fully saturated rings. The fraction of sp³-hybridized carbons (Fsp3) is 0. The van der Waals surface area contributed by atoms with Crippen LogP contribution in [0, 0.1) is 11.2 Å². The molecule has 5 N–H and O–H groups in total. The van der Waals surface area contributed by atoms with Crippen LogP contribution in [0.15, 0.2) is 18.2 Å². The van der Waals surface area contributed by atoms with Gasteiger partial charge in [0.2, 0.25) is 0 Å². The predicted molar refractivity (Wildman–Crippen MR) is 41.8 cm³/mol. The average molecular weight is 153 g/mol. The first-order chi connectivity index (χ1) is 5.11. The van der Waals surface area contributed by atoms with Gasteiger partial charge < -0.3 is 11.5 Å². The molecule has 1 rings (SSSR count). The summed E-state index contributed by atoms with van der Waals surface area (Å²) in [6.07, 6.45) is 0. The molecule has 0 saturated heterocycles. The Bertz CT molecular complexity index is 296. The minimum absolute atomic E-state index is 0.150. The van der Waals surface area contributed by atoms with Crippen molar-refractivity contribution in [2.24, 2.45) is 5.73 Å². The largest absolute Gasteiger partial charge is 0.398 e. The summed E-state index contributed by atoms with van der Waals surface area (Å²) in [5, 5.41) is 7.02. The third kappa shape index (κ3) is 1.46. The van der Waals surface area contributed by atoms with Crippen molar-refractivity contribution in [3.63, 3.8) is 0 Å². The van der Waals surface area contributed by atoms with E-state index in [4.69, 9.17) is 16.9 Å². The quantitative estimate of drug-likeness (QED) is 0.315. The lowest BCUT2D eigenvalue weighted by Gasteiger charge is -2.01. The first-order valence-electron chi connectivity index (χ1n) is 3.00. The van der Waals surface area contributed by atoms with E-state index in [0.717, 1.165) is 6.07 Å². The van der Waals surface area contributed by atoms with Crippen LogP contribution in [0.25, 0.3) is 0 Å². The molecule has 11 heavy (non-hydrogen) atoms. The molecule has 4 heteroatoms. The molecule has 0 spiro atoms. The molecule has 0 bridgehead atoms. The monoisotopic (exact) mass is 153 g/mol. The van der Waals surface area contributed by atoms with Gasteiger partial charge in [-0.15, -0.1) is 0 Å². The van der Waals surface area contributed by atoms with Crippen LogP contribution < -0.4 is 11.5 Å². The van der Waals surface area contributed by atoms with Crippen LogP contribution in [0.4, 0.5) is 10.1 Å². The molecule has 1 aromatic carbocycles. The second-order valence-corrected chi connectivity index (χ2v) is 2.15. The van der Waals surface area contributed by atoms with Gasteiger partial charge in [0, 0.05) is 11.3 Å². The standard InChI is InChI=1S/C7H8FN3/c8-4-1-2-5(7(10)11)6(9)3-4/h1-3H,9H2,(H3,10,11). The number of nitrogens with two attached hydrogens (primary N) is 2. The van der Waals surface area contributed by atoms with Crippen molar-refractivity contribution in [2.45, 2.75) is 0 Å². The Labute approximate surface area is 63.3 Å². The Morgan fingerprint density at radius 2 is 2.09 bits per heavy atom. The van der Waals surface area contributed by atoms with Crippen molar-refractivity contribution in [3.05, 3.63) is 29.6 Å². The van der Waals surface area contributed by atoms with Crippen molar-refractivity contribution in [1.82, 2.24) is 0 Å². The molecule has 0 atom stereocenters. The van der Waals surface area contributed by atoms with Gasteiger partial charge in [-0.3, -0.25) is 5.41 Å². The number of nitrogen functional groups attached to an aromatic ring is 2. The Hall–Kier alpha value is -1.58. The smallest absolute Gasteiger partial charge is 0.125 e. The first-order valence-corrected chi connectivity index (χ1v) is 3.00. The number of halogens is 1. The van der Waals surface area contributed by atoms with Gasteiger partial charge in [0.15, 0.2) is 0 Å². The maximum Gasteiger partial charge on any atom is 0.125 e. The van der Waals surface area contributed by atoms with E-state index in [0.29, 0.717) is 5.56 Å². The topological polar surface area (TPSA) is 75.9 Å². The summed E-state index contributed by atoms with van der Waals surface area (Å²) in [7, 11) is 0. The van der Waals surface area contributed by atoms with Crippen LogP contribution >= 0.6 is 0 Å². The second kappa shape index (κ2) is 2.57. The molecule has 1 aromatic rings. The summed E-state index contributed by atoms with van der Waals surface area (Å²) in [5.74, 6) is -0.574. The third-order valence-electron chi connectivity index (χ3n) is 1.30. The number of hydrogen-bond acceptors (Lipinski definition) is 2. The molecule has 0 amide bonds. The van der Waals surface area contributed by atoms with E-state index in [2.05, 4.69) is 0 Å². The molecular formula is C7H8FN3. The zero-order valence-corrected chi connectivity index (χ0v) is 5.76. The Balaban J connectivity index is 3.20. The van der Waals surface area contributed by atoms with Gasteiger partial charge in [0.1, 0.15) is 11.7 Å². The summed E-state index contributed by atoms with van der Waals surface area (Å²) in [4.78, 5) is 0. The van der Waals surface area contributed by atoms with Crippen LogP contribution in [0.3, 0.4) is 0 Å². The predicted octanol–water partition coefficient (Wildman–Crippen LogP) is 0.692. The molecule has 0 aliphatic rings. The van der Waals surface area contributed by atoms with E-state index < -0.39 is 5.82 Å². The molecule has 0 aliphatic carbocycles. The number of benzene rings is 1. The maximum absolute atomic E-state index is 12.4. The lowest BCUT2D eigenvalue weighted by molar-refractivity contribution is 0.628. The molecule has 3 nitrogen and oxygen atoms in total. The van der Waals surface area contributed by atoms with Gasteiger partial charge in [0.25, 0.3) is 0 Å². The highest BCUT2D eigenvalue weighted by Gasteiger charge is 2.01. The summed E-state index contributed by atoms with van der Waals surface area (Å²) in [5.41, 5.74) is 11.1. The summed E-state index contributed by atoms with van der Waals surface area (Å²) in [6.45, 7) is 0. The molecule has 0 radical (unpaired) electrons. The van der Waals surface area contributed by atoms with Crippen molar-refractivity contribution in [1.29, 1.82) is 5.41 Å². The molecule has 0 aliphatic heterocycles. The van der Waals surface area contributed by atoms with Crippen molar-refractivity contribution >= 4 is 11.5 Å². The van der Waals surface area contributed by atoms with Crippen molar-refractivity contribution in [2.75, 3.05) is 5.73 Å². The lowest BCUT2D eigenvalue weighted by Crippen LogP contribution is -2.13. The van der Waals surface area contributed by atoms with Crippen molar-refractivity contribution < 1.29 is 4.39 Å². The van der Waals surface area contributed by atoms with Crippen LogP contribution in [-0.4, -0.2) is 5.84 Å². The number of anilines is 1. The molecule has 0 saturated carbocycles. The molecule has 0 unspecified atom stereocenters. The summed E-state index contributed by atoms with van der Waals surface area (Å²) in [6, 6.07) is 3.73. The average Bonchev–Trinajstić information content (AvgIpc) is 1.85. The SMILES string of the molecule is N=C(N)c1ccc(F)cc1N. The minimum Gasteiger partial charge on any atom is -0.398 e. The first kappa shape index (κ1) is 7.53. The summed E-state index contributed by atoms with van der Waals surface area (Å²) >= 11 is 0. The van der Waals surface area contributed by atoms with Crippen LogP contribution in [-0.2, 0) is 0 Å². The fourth-order valence-electron chi connectivity index (χ4n) is 0.779. The second-order valence-electron chi connectivity index (χ2n) is 2.15. The van der Waals surface area contributed by atoms with E-state index in [1.54, 1.807) is 0 Å². The van der Waals surface area contributed by atoms with Crippen LogP contribution in [0.1, 0.15) is 5.56 Å². The van der Waals surface area contributed by atoms with Gasteiger partial charge in [-0.1, -0.05) is 0 Å². The Kier molecular flexibility index (Phi) is 1.76. The Morgan fingerprint density at radius 1 is 1.45 bits per heavy atom. The zero-order chi connectivity index (χ0) is 8.43. The van der Waals surface area contributed by atoms with Crippen molar-refractivity contribution in [3.8, 4) is 0 Å². The Morgan fingerprint density at radius 3 is 2.55 bits per heavy atom. The maximum atomic E-state index is 12.4. The number of nitrogens with one attached hydrogen (secondary N) is 1. The van der Waals surface area contributed by atoms with Crippen LogP contribution in [0.2, 0.25) is 0 Å². The zero-order valence-electron chi connectivity index (χ0n) is 5.76. The normalized spacial score (nSPS) is 9.55. The van der Waals surface area contributed by atoms with Gasteiger partial charge in [-0.25, -0.2) is 4.39 Å². The molecule has 58 valence electrons. The minimum atomic E-state index is -0.424. The molecular weight excluding hydrogens is 145 g/mol. The van der Waals surface area contributed by atoms with E-state index >= 15 is 0 Å². The number of rotatable bonds is 1. The van der Waals surface area contributed by atoms with E-state index in [1.807, 2.05) is 0 Å². The van der Waals surface area contributed by atoms with Gasteiger partial charge in [-0.05, 0) is 18.2 Å². The fourth-order valence-corrected chi connectivity index (χ4v) is 0.779. The van der Waals surface area contributed by atoms with Gasteiger partial charge >= 0.3 is 0 Å². The van der Waals surface area contributed by atoms with E-state index in [9.17, 15) is 4.39 Å². The van der Waals surface area contributed by atoms with E-state index in [-0.39, 0.29) is 11.5 Å². The van der Waals surface area contributed by atoms with Gasteiger partial charge in [-0.2, -0.15) is 0 Å². The van der Waals surface area contributed by atoms with E-state index in [1.165, 1.54) is 12.1 Å². The number of hydrogen-bond donors (Lipinski definition) is 3. The third-order valence-corrected chi connectivity index (χ3v) is 1.30. The molecule has 0 aromatic heterocycles. The van der Waals surface area contributed by atoms with Gasteiger partial charge in [0.05, 0.1) is 0 Å².